The molecular weight excluding hydrogens is 524 g/mol. The zero-order valence-electron chi connectivity index (χ0n) is 13.5. The van der Waals surface area contributed by atoms with Crippen molar-refractivity contribution in [2.75, 3.05) is 0 Å². The number of hydrogen-bond donors (Lipinski definition) is 0. The van der Waals surface area contributed by atoms with Crippen LogP contribution < -0.4 is 50.9 Å². The number of halogens is 4. The zero-order chi connectivity index (χ0) is 13.1. The predicted molar refractivity (Wildman–Crippen MR) is 87.2 cm³/mol. The van der Waals surface area contributed by atoms with Gasteiger partial charge >= 0.3 is 69.2 Å². The molecule has 2 aromatic carbocycles. The molecule has 0 spiro atoms. The summed E-state index contributed by atoms with van der Waals surface area (Å²) >= 11 is 0. The van der Waals surface area contributed by atoms with Crippen molar-refractivity contribution in [3.8, 4) is 0 Å². The van der Waals surface area contributed by atoms with Crippen molar-refractivity contribution in [2.24, 2.45) is 0 Å². The summed E-state index contributed by atoms with van der Waals surface area (Å²) < 4.78 is 12.3. The van der Waals surface area contributed by atoms with Gasteiger partial charge in [0.05, 0.1) is 0 Å². The molecule has 0 aromatic heterocycles. The van der Waals surface area contributed by atoms with E-state index in [1.807, 2.05) is 31.2 Å². The van der Waals surface area contributed by atoms with Crippen LogP contribution in [0.1, 0.15) is 11.1 Å². The average Bonchev–Trinajstić information content (AvgIpc) is 2.37. The van der Waals surface area contributed by atoms with E-state index in [2.05, 4.69) is 25.3 Å². The Bertz CT molecular complexity index is 411. The average molecular weight is 540 g/mol. The first-order valence-electron chi connectivity index (χ1n) is 5.16. The van der Waals surface area contributed by atoms with Crippen LogP contribution in [0.15, 0.2) is 49.0 Å². The molecule has 23 heavy (non-hydrogen) atoms. The summed E-state index contributed by atoms with van der Waals surface area (Å²) in [6.07, 6.45) is 0. The molecule has 0 saturated heterocycles. The van der Waals surface area contributed by atoms with Crippen LogP contribution in [-0.2, 0) is 0 Å². The largest absolute Gasteiger partial charge is 2.00 e. The van der Waals surface area contributed by atoms with Gasteiger partial charge in [0.1, 0.15) is 0 Å². The van der Waals surface area contributed by atoms with Gasteiger partial charge in [0.15, 0.2) is 0 Å². The fourth-order valence-electron chi connectivity index (χ4n) is 0.978. The van der Waals surface area contributed by atoms with E-state index >= 15 is 0 Å². The summed E-state index contributed by atoms with van der Waals surface area (Å²) in [5, 5.41) is 0. The van der Waals surface area contributed by atoms with Crippen LogP contribution in [0.5, 0.6) is 0 Å². The van der Waals surface area contributed by atoms with E-state index in [9.17, 15) is 4.39 Å². The van der Waals surface area contributed by atoms with Gasteiger partial charge in [0.2, 0.25) is 0 Å². The van der Waals surface area contributed by atoms with Crippen LogP contribution in [0.3, 0.4) is 0 Å². The standard InChI is InChI=1S/C7H6F.C7H7.C2H3.3BrH.3Mg/c1-6-4-2-3-5-7(6)8;1-7-5-3-2-4-6-7;1-2;;;;;;/h3-5H,1H3;2-5H,1H3;1H,2H2;3*1H;;;/q3*-1;;;;3*+2/p-3. The van der Waals surface area contributed by atoms with E-state index in [1.165, 1.54) is 11.6 Å². The molecule has 2 rings (SSSR count). The van der Waals surface area contributed by atoms with Crippen LogP contribution in [-0.4, -0.2) is 69.2 Å². The van der Waals surface area contributed by atoms with Gasteiger partial charge in [-0.15, -0.1) is 11.6 Å². The topological polar surface area (TPSA) is 0 Å². The van der Waals surface area contributed by atoms with Gasteiger partial charge in [-0.1, -0.05) is 13.8 Å². The van der Waals surface area contributed by atoms with Crippen molar-refractivity contribution in [2.45, 2.75) is 13.8 Å². The molecule has 0 amide bonds. The Kier molecular flexibility index (Phi) is 61.0. The first-order chi connectivity index (χ1) is 8.20. The molecule has 0 fully saturated rings. The van der Waals surface area contributed by atoms with Crippen LogP contribution in [0.25, 0.3) is 0 Å². The van der Waals surface area contributed by atoms with Crippen LogP contribution in [0.2, 0.25) is 0 Å². The molecule has 0 aliphatic rings. The third-order valence-corrected chi connectivity index (χ3v) is 1.87. The molecule has 0 nitrogen and oxygen atoms in total. The summed E-state index contributed by atoms with van der Waals surface area (Å²) in [5.74, 6) is -0.163. The molecule has 7 heteroatoms. The second-order valence-corrected chi connectivity index (χ2v) is 3.22. The summed E-state index contributed by atoms with van der Waals surface area (Å²) in [6, 6.07) is 18.3. The van der Waals surface area contributed by atoms with Gasteiger partial charge in [-0.3, -0.25) is 6.58 Å². The molecule has 114 valence electrons. The first kappa shape index (κ1) is 44.4. The van der Waals surface area contributed by atoms with Gasteiger partial charge in [0, 0.05) is 5.82 Å². The Labute approximate surface area is 220 Å². The van der Waals surface area contributed by atoms with Crippen LogP contribution in [0, 0.1) is 38.4 Å². The molecule has 0 saturated carbocycles. The minimum Gasteiger partial charge on any atom is -1.00 e. The van der Waals surface area contributed by atoms with Gasteiger partial charge in [0.25, 0.3) is 0 Å². The Morgan fingerprint density at radius 1 is 0.913 bits per heavy atom. The van der Waals surface area contributed by atoms with Crippen molar-refractivity contribution in [3.63, 3.8) is 0 Å². The van der Waals surface area contributed by atoms with Crippen molar-refractivity contribution in [1.29, 1.82) is 0 Å². The number of hydrogen-bond acceptors (Lipinski definition) is 0. The minimum atomic E-state index is -0.163. The van der Waals surface area contributed by atoms with E-state index in [4.69, 9.17) is 0 Å². The molecule has 0 N–H and O–H groups in total. The van der Waals surface area contributed by atoms with Crippen LogP contribution >= 0.6 is 0 Å². The molecule has 0 radical (unpaired) electrons. The van der Waals surface area contributed by atoms with Crippen molar-refractivity contribution >= 4 is 69.2 Å². The molecule has 0 aliphatic heterocycles. The molecular formula is C16H16Br3FMg3. The van der Waals surface area contributed by atoms with Crippen molar-refractivity contribution < 1.29 is 55.3 Å². The summed E-state index contributed by atoms with van der Waals surface area (Å²) in [5.41, 5.74) is 1.84. The van der Waals surface area contributed by atoms with Gasteiger partial charge in [-0.25, -0.2) is 4.39 Å². The number of rotatable bonds is 0. The molecule has 2 aromatic rings. The molecule has 0 bridgehead atoms. The maximum absolute atomic E-state index is 12.3. The first-order valence-corrected chi connectivity index (χ1v) is 5.16. The molecule has 0 aliphatic carbocycles. The quantitative estimate of drug-likeness (QED) is 0.231. The smallest absolute Gasteiger partial charge is 1.00 e. The van der Waals surface area contributed by atoms with Crippen molar-refractivity contribution in [3.05, 3.63) is 84.7 Å². The molecule has 0 heterocycles. The van der Waals surface area contributed by atoms with E-state index < -0.39 is 0 Å². The SMILES string of the molecule is Cc1[c-]cccc1.Cc1c[c-]ccc1F.[Br-].[Br-].[Br-].[CH-]=C.[Mg+2].[Mg+2].[Mg+2]. The maximum atomic E-state index is 12.3. The van der Waals surface area contributed by atoms with E-state index in [-0.39, 0.29) is 126 Å². The third kappa shape index (κ3) is 26.2. The second kappa shape index (κ2) is 31.6. The van der Waals surface area contributed by atoms with Gasteiger partial charge in [-0.2, -0.15) is 54.1 Å². The Morgan fingerprint density at radius 3 is 1.65 bits per heavy atom. The normalized spacial score (nSPS) is 6.04. The number of aryl methyl sites for hydroxylation is 2. The van der Waals surface area contributed by atoms with E-state index in [0.717, 1.165) is 0 Å². The summed E-state index contributed by atoms with van der Waals surface area (Å²) in [4.78, 5) is 0. The molecule has 0 atom stereocenters. The minimum absolute atomic E-state index is 0. The van der Waals surface area contributed by atoms with Crippen molar-refractivity contribution in [1.82, 2.24) is 0 Å². The summed E-state index contributed by atoms with van der Waals surface area (Å²) in [6.45, 7) is 10.7. The predicted octanol–water partition coefficient (Wildman–Crippen LogP) is -5.80. The zero-order valence-corrected chi connectivity index (χ0v) is 22.5. The monoisotopic (exact) mass is 536 g/mol. The third-order valence-electron chi connectivity index (χ3n) is 1.87. The maximum Gasteiger partial charge on any atom is 2.00 e. The van der Waals surface area contributed by atoms with Crippen LogP contribution in [0.4, 0.5) is 4.39 Å². The Hall–Kier alpha value is 1.85. The fraction of sp³-hybridized carbons (Fsp3) is 0.125. The second-order valence-electron chi connectivity index (χ2n) is 3.22. The summed E-state index contributed by atoms with van der Waals surface area (Å²) in [7, 11) is 0. The van der Waals surface area contributed by atoms with E-state index in [1.54, 1.807) is 19.1 Å². The number of benzene rings is 2. The Morgan fingerprint density at radius 2 is 1.43 bits per heavy atom. The fourth-order valence-corrected chi connectivity index (χ4v) is 0.978. The van der Waals surface area contributed by atoms with E-state index in [0.29, 0.717) is 5.56 Å². The van der Waals surface area contributed by atoms with Gasteiger partial charge < -0.3 is 57.5 Å². The Balaban J connectivity index is -0.0000000326. The van der Waals surface area contributed by atoms with Gasteiger partial charge in [-0.05, 0) is 0 Å². The molecule has 0 unspecified atom stereocenters.